The molecule has 1 amide bonds. The number of hydrogen-bond acceptors (Lipinski definition) is 3. The van der Waals surface area contributed by atoms with Crippen molar-refractivity contribution < 1.29 is 9.53 Å². The molecule has 1 saturated heterocycles. The van der Waals surface area contributed by atoms with Crippen LogP contribution in [0.2, 0.25) is 0 Å². The van der Waals surface area contributed by atoms with Crippen molar-refractivity contribution in [1.82, 2.24) is 10.6 Å². The van der Waals surface area contributed by atoms with Crippen LogP contribution in [0.25, 0.3) is 0 Å². The number of methoxy groups -OCH3 is 1. The zero-order valence-electron chi connectivity index (χ0n) is 9.49. The van der Waals surface area contributed by atoms with Crippen molar-refractivity contribution in [2.45, 2.75) is 19.0 Å². The second-order valence-electron chi connectivity index (χ2n) is 4.02. The van der Waals surface area contributed by atoms with Gasteiger partial charge in [0.05, 0.1) is 7.11 Å². The lowest BCUT2D eigenvalue weighted by molar-refractivity contribution is -0.125. The summed E-state index contributed by atoms with van der Waals surface area (Å²) in [4.78, 5) is 11.7. The SMILES string of the molecule is COc1ccc(C2NC(C)CNC2=O)cc1. The van der Waals surface area contributed by atoms with E-state index >= 15 is 0 Å². The van der Waals surface area contributed by atoms with E-state index in [4.69, 9.17) is 4.74 Å². The molecule has 16 heavy (non-hydrogen) atoms. The zero-order chi connectivity index (χ0) is 11.5. The highest BCUT2D eigenvalue weighted by atomic mass is 16.5. The minimum absolute atomic E-state index is 0.0308. The topological polar surface area (TPSA) is 50.4 Å². The van der Waals surface area contributed by atoms with Gasteiger partial charge in [0.2, 0.25) is 5.91 Å². The van der Waals surface area contributed by atoms with Crippen LogP contribution < -0.4 is 15.4 Å². The molecule has 0 saturated carbocycles. The molecule has 2 unspecified atom stereocenters. The van der Waals surface area contributed by atoms with Crippen molar-refractivity contribution in [3.63, 3.8) is 0 Å². The van der Waals surface area contributed by atoms with Gasteiger partial charge in [-0.15, -0.1) is 0 Å². The molecule has 0 spiro atoms. The molecule has 2 rings (SSSR count). The Bertz CT molecular complexity index is 375. The highest BCUT2D eigenvalue weighted by molar-refractivity contribution is 5.84. The van der Waals surface area contributed by atoms with Crippen molar-refractivity contribution in [3.8, 4) is 5.75 Å². The number of hydrogen-bond donors (Lipinski definition) is 2. The lowest BCUT2D eigenvalue weighted by atomic mass is 10.0. The van der Waals surface area contributed by atoms with Gasteiger partial charge < -0.3 is 10.1 Å². The Kier molecular flexibility index (Phi) is 3.10. The van der Waals surface area contributed by atoms with Crippen molar-refractivity contribution in [1.29, 1.82) is 0 Å². The number of amides is 1. The van der Waals surface area contributed by atoms with Gasteiger partial charge in [-0.25, -0.2) is 0 Å². The predicted octanol–water partition coefficient (Wildman–Crippen LogP) is 0.844. The summed E-state index contributed by atoms with van der Waals surface area (Å²) in [6.07, 6.45) is 0. The summed E-state index contributed by atoms with van der Waals surface area (Å²) < 4.78 is 5.08. The van der Waals surface area contributed by atoms with Crippen LogP contribution in [0.15, 0.2) is 24.3 Å². The molecule has 0 aromatic heterocycles. The molecule has 1 heterocycles. The zero-order valence-corrected chi connectivity index (χ0v) is 9.49. The molecule has 4 nitrogen and oxygen atoms in total. The van der Waals surface area contributed by atoms with Crippen LogP contribution in [0, 0.1) is 0 Å². The van der Waals surface area contributed by atoms with Crippen LogP contribution in [-0.2, 0) is 4.79 Å². The van der Waals surface area contributed by atoms with Gasteiger partial charge in [0.1, 0.15) is 11.8 Å². The molecule has 2 atom stereocenters. The standard InChI is InChI=1S/C12H16N2O2/c1-8-7-13-12(15)11(14-8)9-3-5-10(16-2)6-4-9/h3-6,8,11,14H,7H2,1-2H3,(H,13,15). The maximum atomic E-state index is 11.7. The summed E-state index contributed by atoms with van der Waals surface area (Å²) in [6.45, 7) is 2.74. The van der Waals surface area contributed by atoms with Crippen molar-refractivity contribution in [2.75, 3.05) is 13.7 Å². The van der Waals surface area contributed by atoms with Crippen molar-refractivity contribution >= 4 is 5.91 Å². The van der Waals surface area contributed by atoms with Gasteiger partial charge in [-0.2, -0.15) is 0 Å². The van der Waals surface area contributed by atoms with Gasteiger partial charge in [0.15, 0.2) is 0 Å². The van der Waals surface area contributed by atoms with Gasteiger partial charge in [0.25, 0.3) is 0 Å². The van der Waals surface area contributed by atoms with Gasteiger partial charge in [-0.1, -0.05) is 12.1 Å². The van der Waals surface area contributed by atoms with E-state index in [0.29, 0.717) is 12.6 Å². The average molecular weight is 220 g/mol. The predicted molar refractivity (Wildman–Crippen MR) is 61.3 cm³/mol. The van der Waals surface area contributed by atoms with Gasteiger partial charge >= 0.3 is 0 Å². The maximum Gasteiger partial charge on any atom is 0.241 e. The van der Waals surface area contributed by atoms with E-state index in [9.17, 15) is 4.79 Å². The Balaban J connectivity index is 2.18. The number of benzene rings is 1. The molecule has 1 fully saturated rings. The number of carbonyl (C=O) groups is 1. The highest BCUT2D eigenvalue weighted by Crippen LogP contribution is 2.19. The molecule has 1 aliphatic heterocycles. The van der Waals surface area contributed by atoms with Crippen molar-refractivity contribution in [2.24, 2.45) is 0 Å². The third kappa shape index (κ3) is 2.17. The van der Waals surface area contributed by atoms with E-state index in [1.165, 1.54) is 0 Å². The highest BCUT2D eigenvalue weighted by Gasteiger charge is 2.26. The fourth-order valence-corrected chi connectivity index (χ4v) is 1.82. The van der Waals surface area contributed by atoms with Gasteiger partial charge in [-0.05, 0) is 24.6 Å². The molecule has 1 aromatic carbocycles. The monoisotopic (exact) mass is 220 g/mol. The lowest BCUT2D eigenvalue weighted by Crippen LogP contribution is -2.52. The molecule has 4 heteroatoms. The second-order valence-corrected chi connectivity index (χ2v) is 4.02. The third-order valence-corrected chi connectivity index (χ3v) is 2.74. The number of rotatable bonds is 2. The quantitative estimate of drug-likeness (QED) is 0.776. The lowest BCUT2D eigenvalue weighted by Gasteiger charge is -2.28. The fraction of sp³-hybridized carbons (Fsp3) is 0.417. The molecule has 86 valence electrons. The van der Waals surface area contributed by atoms with Crippen LogP contribution in [0.1, 0.15) is 18.5 Å². The van der Waals surface area contributed by atoms with E-state index in [-0.39, 0.29) is 11.9 Å². The summed E-state index contributed by atoms with van der Waals surface area (Å²) >= 11 is 0. The maximum absolute atomic E-state index is 11.7. The van der Waals surface area contributed by atoms with E-state index in [1.54, 1.807) is 7.11 Å². The summed E-state index contributed by atoms with van der Waals surface area (Å²) in [7, 11) is 1.63. The molecule has 2 N–H and O–H groups in total. The number of nitrogens with one attached hydrogen (secondary N) is 2. The fourth-order valence-electron chi connectivity index (χ4n) is 1.82. The number of ether oxygens (including phenoxy) is 1. The second kappa shape index (κ2) is 4.53. The first-order valence-corrected chi connectivity index (χ1v) is 5.38. The van der Waals surface area contributed by atoms with Crippen LogP contribution >= 0.6 is 0 Å². The normalized spacial score (nSPS) is 25.0. The Morgan fingerprint density at radius 3 is 2.62 bits per heavy atom. The van der Waals surface area contributed by atoms with Crippen LogP contribution in [0.5, 0.6) is 5.75 Å². The summed E-state index contributed by atoms with van der Waals surface area (Å²) in [5.74, 6) is 0.830. The Morgan fingerprint density at radius 1 is 1.31 bits per heavy atom. The smallest absolute Gasteiger partial charge is 0.241 e. The first-order chi connectivity index (χ1) is 7.70. The summed E-state index contributed by atoms with van der Waals surface area (Å²) in [5, 5.41) is 6.14. The van der Waals surface area contributed by atoms with E-state index < -0.39 is 0 Å². The Hall–Kier alpha value is -1.55. The third-order valence-electron chi connectivity index (χ3n) is 2.74. The number of piperazine rings is 1. The average Bonchev–Trinajstić information content (AvgIpc) is 2.32. The molecular weight excluding hydrogens is 204 g/mol. The van der Waals surface area contributed by atoms with Crippen molar-refractivity contribution in [3.05, 3.63) is 29.8 Å². The molecule has 1 aromatic rings. The molecule has 0 bridgehead atoms. The van der Waals surface area contributed by atoms with Crippen LogP contribution in [0.4, 0.5) is 0 Å². The molecule has 0 radical (unpaired) electrons. The largest absolute Gasteiger partial charge is 0.497 e. The minimum atomic E-state index is -0.255. The van der Waals surface area contributed by atoms with E-state index in [0.717, 1.165) is 11.3 Å². The first-order valence-electron chi connectivity index (χ1n) is 5.38. The van der Waals surface area contributed by atoms with Crippen LogP contribution in [0.3, 0.4) is 0 Å². The first kappa shape index (κ1) is 11.0. The summed E-state index contributed by atoms with van der Waals surface area (Å²) in [6, 6.07) is 7.59. The summed E-state index contributed by atoms with van der Waals surface area (Å²) in [5.41, 5.74) is 0.963. The molecular formula is C12H16N2O2. The molecule has 1 aliphatic rings. The Morgan fingerprint density at radius 2 is 2.00 bits per heavy atom. The van der Waals surface area contributed by atoms with E-state index in [2.05, 4.69) is 17.6 Å². The Labute approximate surface area is 95.0 Å². The number of carbonyl (C=O) groups excluding carboxylic acids is 1. The van der Waals surface area contributed by atoms with Gasteiger partial charge in [0, 0.05) is 12.6 Å². The van der Waals surface area contributed by atoms with E-state index in [1.807, 2.05) is 24.3 Å². The molecule has 0 aliphatic carbocycles. The minimum Gasteiger partial charge on any atom is -0.497 e. The van der Waals surface area contributed by atoms with Crippen LogP contribution in [-0.4, -0.2) is 25.6 Å². The van der Waals surface area contributed by atoms with Gasteiger partial charge in [-0.3, -0.25) is 10.1 Å².